The molecule has 0 aliphatic heterocycles. The first-order chi connectivity index (χ1) is 14.4. The summed E-state index contributed by atoms with van der Waals surface area (Å²) in [6.07, 6.45) is 2.59. The Kier molecular flexibility index (Phi) is 7.02. The Morgan fingerprint density at radius 3 is 2.57 bits per heavy atom. The molecule has 0 aliphatic carbocycles. The Morgan fingerprint density at radius 2 is 1.93 bits per heavy atom. The van der Waals surface area contributed by atoms with Crippen LogP contribution in [0.1, 0.15) is 6.42 Å². The van der Waals surface area contributed by atoms with Crippen LogP contribution in [-0.4, -0.2) is 54.1 Å². The molecule has 0 aliphatic rings. The van der Waals surface area contributed by atoms with E-state index in [4.69, 9.17) is 22.1 Å². The summed E-state index contributed by atoms with van der Waals surface area (Å²) < 4.78 is 18.9. The third-order valence-corrected chi connectivity index (χ3v) is 4.72. The molecular formula is C21H24ClFN6O. The van der Waals surface area contributed by atoms with Crippen LogP contribution in [0.2, 0.25) is 5.02 Å². The van der Waals surface area contributed by atoms with Crippen molar-refractivity contribution in [1.82, 2.24) is 19.9 Å². The van der Waals surface area contributed by atoms with E-state index in [2.05, 4.69) is 25.2 Å². The highest BCUT2D eigenvalue weighted by molar-refractivity contribution is 6.31. The third-order valence-electron chi connectivity index (χ3n) is 4.43. The lowest BCUT2D eigenvalue weighted by Gasteiger charge is -2.17. The summed E-state index contributed by atoms with van der Waals surface area (Å²) in [4.78, 5) is 15.2. The Morgan fingerprint density at radius 1 is 1.17 bits per heavy atom. The average Bonchev–Trinajstić information content (AvgIpc) is 2.73. The van der Waals surface area contributed by atoms with Gasteiger partial charge in [0.1, 0.15) is 11.6 Å². The number of nitrogens with two attached hydrogens (primary N) is 1. The minimum atomic E-state index is -0.503. The van der Waals surface area contributed by atoms with Gasteiger partial charge in [-0.3, -0.25) is 0 Å². The van der Waals surface area contributed by atoms with Gasteiger partial charge in [0.05, 0.1) is 23.4 Å². The number of rotatable bonds is 8. The first-order valence-electron chi connectivity index (χ1n) is 9.41. The molecule has 7 nitrogen and oxygen atoms in total. The van der Waals surface area contributed by atoms with E-state index < -0.39 is 5.82 Å². The third kappa shape index (κ3) is 5.14. The molecule has 9 heteroatoms. The van der Waals surface area contributed by atoms with Gasteiger partial charge in [-0.1, -0.05) is 11.6 Å². The number of benzene rings is 1. The fourth-order valence-corrected chi connectivity index (χ4v) is 3.16. The largest absolute Gasteiger partial charge is 0.481 e. The Hall–Kier alpha value is -2.97. The van der Waals surface area contributed by atoms with Crippen LogP contribution in [0.15, 0.2) is 36.5 Å². The van der Waals surface area contributed by atoms with Crippen molar-refractivity contribution in [3.8, 4) is 28.3 Å². The topological polar surface area (TPSA) is 89.2 Å². The first-order valence-corrected chi connectivity index (χ1v) is 9.78. The van der Waals surface area contributed by atoms with Gasteiger partial charge < -0.3 is 20.7 Å². The van der Waals surface area contributed by atoms with Gasteiger partial charge in [0, 0.05) is 29.9 Å². The van der Waals surface area contributed by atoms with Gasteiger partial charge in [0.15, 0.2) is 0 Å². The number of nitrogens with zero attached hydrogens (tertiary/aromatic N) is 4. The standard InChI is InChI=1S/C21H24ClFN6O/c1-29(2)10-4-9-25-20-18(14-6-8-17(30-3)26-12-14)19(27-21(24)28-20)13-5-7-16(23)15(22)11-13/h5-8,11-12H,4,9-10H2,1-3H3,(H3,24,25,27,28). The smallest absolute Gasteiger partial charge is 0.222 e. The van der Waals surface area contributed by atoms with E-state index in [0.717, 1.165) is 18.5 Å². The summed E-state index contributed by atoms with van der Waals surface area (Å²) in [5.41, 5.74) is 8.62. The van der Waals surface area contributed by atoms with Crippen LogP contribution in [0.5, 0.6) is 5.88 Å². The predicted molar refractivity (Wildman–Crippen MR) is 118 cm³/mol. The molecule has 0 saturated heterocycles. The number of nitrogen functional groups attached to an aromatic ring is 1. The summed E-state index contributed by atoms with van der Waals surface area (Å²) in [5, 5.41) is 3.35. The zero-order valence-corrected chi connectivity index (χ0v) is 17.9. The Bertz CT molecular complexity index is 1010. The predicted octanol–water partition coefficient (Wildman–Crippen LogP) is 3.95. The van der Waals surface area contributed by atoms with E-state index in [1.165, 1.54) is 12.1 Å². The van der Waals surface area contributed by atoms with Crippen LogP contribution in [0.25, 0.3) is 22.4 Å². The van der Waals surface area contributed by atoms with Crippen LogP contribution in [0.3, 0.4) is 0 Å². The molecule has 2 aromatic heterocycles. The lowest BCUT2D eigenvalue weighted by atomic mass is 10.0. The van der Waals surface area contributed by atoms with Gasteiger partial charge in [-0.05, 0) is 51.3 Å². The average molecular weight is 431 g/mol. The monoisotopic (exact) mass is 430 g/mol. The van der Waals surface area contributed by atoms with Crippen LogP contribution in [-0.2, 0) is 0 Å². The number of methoxy groups -OCH3 is 1. The fourth-order valence-electron chi connectivity index (χ4n) is 2.98. The molecule has 3 aromatic rings. The normalized spacial score (nSPS) is 11.0. The van der Waals surface area contributed by atoms with Crippen molar-refractivity contribution in [2.24, 2.45) is 0 Å². The maximum Gasteiger partial charge on any atom is 0.222 e. The number of hydrogen-bond acceptors (Lipinski definition) is 7. The van der Waals surface area contributed by atoms with Crippen LogP contribution < -0.4 is 15.8 Å². The molecule has 3 rings (SSSR count). The lowest BCUT2D eigenvalue weighted by Crippen LogP contribution is -2.17. The molecule has 0 atom stereocenters. The summed E-state index contributed by atoms with van der Waals surface area (Å²) in [7, 11) is 5.60. The first kappa shape index (κ1) is 21.7. The van der Waals surface area contributed by atoms with Crippen molar-refractivity contribution >= 4 is 23.4 Å². The van der Waals surface area contributed by atoms with E-state index in [1.54, 1.807) is 25.4 Å². The van der Waals surface area contributed by atoms with Crippen molar-refractivity contribution in [3.05, 3.63) is 47.4 Å². The van der Waals surface area contributed by atoms with Crippen molar-refractivity contribution in [1.29, 1.82) is 0 Å². The van der Waals surface area contributed by atoms with Crippen LogP contribution in [0, 0.1) is 5.82 Å². The van der Waals surface area contributed by atoms with Crippen LogP contribution >= 0.6 is 11.6 Å². The van der Waals surface area contributed by atoms with Gasteiger partial charge >= 0.3 is 0 Å². The summed E-state index contributed by atoms with van der Waals surface area (Å²) in [6, 6.07) is 8.05. The van der Waals surface area contributed by atoms with E-state index >= 15 is 0 Å². The Balaban J connectivity index is 2.10. The molecule has 1 aromatic carbocycles. The molecule has 158 valence electrons. The van der Waals surface area contributed by atoms with Gasteiger partial charge in [-0.15, -0.1) is 0 Å². The second-order valence-electron chi connectivity index (χ2n) is 6.96. The number of nitrogens with one attached hydrogen (secondary N) is 1. The molecule has 0 bridgehead atoms. The van der Waals surface area contributed by atoms with E-state index in [1.807, 2.05) is 20.2 Å². The molecule has 0 amide bonds. The molecule has 0 unspecified atom stereocenters. The summed E-state index contributed by atoms with van der Waals surface area (Å²) in [6.45, 7) is 1.61. The second kappa shape index (κ2) is 9.69. The van der Waals surface area contributed by atoms with E-state index in [0.29, 0.717) is 35.1 Å². The Labute approximate surface area is 180 Å². The number of aromatic nitrogens is 3. The quantitative estimate of drug-likeness (QED) is 0.523. The van der Waals surface area contributed by atoms with E-state index in [9.17, 15) is 4.39 Å². The van der Waals surface area contributed by atoms with Crippen molar-refractivity contribution in [2.45, 2.75) is 6.42 Å². The highest BCUT2D eigenvalue weighted by Gasteiger charge is 2.18. The lowest BCUT2D eigenvalue weighted by molar-refractivity contribution is 0.398. The van der Waals surface area contributed by atoms with Gasteiger partial charge in [-0.2, -0.15) is 4.98 Å². The number of pyridine rings is 1. The number of ether oxygens (including phenoxy) is 1. The van der Waals surface area contributed by atoms with Gasteiger partial charge in [-0.25, -0.2) is 14.4 Å². The SMILES string of the molecule is COc1ccc(-c2c(NCCCN(C)C)nc(N)nc2-c2ccc(F)c(Cl)c2)cn1. The van der Waals surface area contributed by atoms with Crippen molar-refractivity contribution < 1.29 is 9.13 Å². The van der Waals surface area contributed by atoms with Crippen molar-refractivity contribution in [3.63, 3.8) is 0 Å². The highest BCUT2D eigenvalue weighted by atomic mass is 35.5. The molecule has 3 N–H and O–H groups in total. The van der Waals surface area contributed by atoms with Gasteiger partial charge in [0.25, 0.3) is 0 Å². The van der Waals surface area contributed by atoms with E-state index in [-0.39, 0.29) is 11.0 Å². The zero-order valence-electron chi connectivity index (χ0n) is 17.1. The minimum absolute atomic E-state index is 0.00369. The zero-order chi connectivity index (χ0) is 21.7. The number of anilines is 2. The number of halogens is 2. The molecule has 2 heterocycles. The maximum absolute atomic E-state index is 13.7. The van der Waals surface area contributed by atoms with Crippen molar-refractivity contribution in [2.75, 3.05) is 45.3 Å². The molecule has 0 spiro atoms. The molecule has 0 fully saturated rings. The number of hydrogen-bond donors (Lipinski definition) is 2. The van der Waals surface area contributed by atoms with Gasteiger partial charge in [0.2, 0.25) is 11.8 Å². The molecule has 0 saturated carbocycles. The highest BCUT2D eigenvalue weighted by Crippen LogP contribution is 2.37. The second-order valence-corrected chi connectivity index (χ2v) is 7.36. The molecule has 30 heavy (non-hydrogen) atoms. The summed E-state index contributed by atoms with van der Waals surface area (Å²) in [5.74, 6) is 0.661. The molecular weight excluding hydrogens is 407 g/mol. The minimum Gasteiger partial charge on any atom is -0.481 e. The fraction of sp³-hybridized carbons (Fsp3) is 0.286. The van der Waals surface area contributed by atoms with Crippen LogP contribution in [0.4, 0.5) is 16.2 Å². The molecule has 0 radical (unpaired) electrons. The summed E-state index contributed by atoms with van der Waals surface area (Å²) >= 11 is 6.01. The maximum atomic E-state index is 13.7.